The van der Waals surface area contributed by atoms with E-state index in [9.17, 15) is 9.90 Å². The second-order valence-electron chi connectivity index (χ2n) is 6.34. The Morgan fingerprint density at radius 2 is 1.83 bits per heavy atom. The first-order valence-corrected chi connectivity index (χ1v) is 10.8. The van der Waals surface area contributed by atoms with Crippen LogP contribution in [0.25, 0.3) is 11.4 Å². The van der Waals surface area contributed by atoms with Gasteiger partial charge in [-0.05, 0) is 67.4 Å². The topological polar surface area (TPSA) is 92.4 Å². The molecule has 30 heavy (non-hydrogen) atoms. The molecule has 9 heteroatoms. The normalized spacial score (nSPS) is 11.5. The first kappa shape index (κ1) is 21.9. The maximum Gasteiger partial charge on any atom is 0.250 e. The van der Waals surface area contributed by atoms with E-state index in [1.165, 1.54) is 11.8 Å². The molecule has 0 saturated heterocycles. The molecule has 0 aliphatic rings. The van der Waals surface area contributed by atoms with Crippen LogP contribution >= 0.6 is 23.4 Å². The van der Waals surface area contributed by atoms with Gasteiger partial charge in [-0.25, -0.2) is 5.43 Å². The number of amides is 1. The zero-order chi connectivity index (χ0) is 21.5. The average molecular weight is 444 g/mol. The molecule has 3 rings (SSSR count). The van der Waals surface area contributed by atoms with Crippen LogP contribution in [0.2, 0.25) is 5.02 Å². The van der Waals surface area contributed by atoms with Crippen LogP contribution in [0.1, 0.15) is 25.8 Å². The molecule has 2 aromatic carbocycles. The Bertz CT molecular complexity index is 1030. The molecule has 1 aromatic heterocycles. The zero-order valence-corrected chi connectivity index (χ0v) is 18.2. The third-order valence-electron chi connectivity index (χ3n) is 4.32. The number of hydrazone groups is 1. The van der Waals surface area contributed by atoms with Gasteiger partial charge in [-0.1, -0.05) is 30.3 Å². The predicted molar refractivity (Wildman–Crippen MR) is 120 cm³/mol. The van der Waals surface area contributed by atoms with Crippen LogP contribution in [0, 0.1) is 0 Å². The van der Waals surface area contributed by atoms with E-state index < -0.39 is 0 Å². The lowest BCUT2D eigenvalue weighted by Gasteiger charge is -2.08. The lowest BCUT2D eigenvalue weighted by Crippen LogP contribution is -2.22. The number of hydrogen-bond donors (Lipinski definition) is 2. The third kappa shape index (κ3) is 5.40. The SMILES string of the molecule is CCC(=NNC(=O)CSc1nnc(-c2ccc(Cl)cc2)n1CC)c1ccc(O)cc1. The number of benzene rings is 2. The summed E-state index contributed by atoms with van der Waals surface area (Å²) >= 11 is 7.26. The first-order chi connectivity index (χ1) is 14.5. The van der Waals surface area contributed by atoms with E-state index in [0.29, 0.717) is 23.1 Å². The first-order valence-electron chi connectivity index (χ1n) is 9.48. The second kappa shape index (κ2) is 10.3. The van der Waals surface area contributed by atoms with Gasteiger partial charge in [-0.15, -0.1) is 10.2 Å². The number of halogens is 1. The molecular weight excluding hydrogens is 422 g/mol. The number of nitrogens with one attached hydrogen (secondary N) is 1. The summed E-state index contributed by atoms with van der Waals surface area (Å²) in [5, 5.41) is 23.4. The molecule has 0 fully saturated rings. The van der Waals surface area contributed by atoms with E-state index in [2.05, 4.69) is 20.7 Å². The monoisotopic (exact) mass is 443 g/mol. The minimum absolute atomic E-state index is 0.162. The molecule has 2 N–H and O–H groups in total. The highest BCUT2D eigenvalue weighted by atomic mass is 35.5. The lowest BCUT2D eigenvalue weighted by atomic mass is 10.1. The number of phenols is 1. The van der Waals surface area contributed by atoms with Gasteiger partial charge >= 0.3 is 0 Å². The number of phenolic OH excluding ortho intramolecular Hbond substituents is 1. The zero-order valence-electron chi connectivity index (χ0n) is 16.7. The number of thioether (sulfide) groups is 1. The number of aromatic hydroxyl groups is 1. The molecule has 0 unspecified atom stereocenters. The minimum Gasteiger partial charge on any atom is -0.508 e. The van der Waals surface area contributed by atoms with Gasteiger partial charge in [0, 0.05) is 17.1 Å². The second-order valence-corrected chi connectivity index (χ2v) is 7.72. The number of carbonyl (C=O) groups is 1. The van der Waals surface area contributed by atoms with Gasteiger partial charge in [-0.2, -0.15) is 5.10 Å². The summed E-state index contributed by atoms with van der Waals surface area (Å²) < 4.78 is 1.96. The molecule has 156 valence electrons. The molecule has 0 radical (unpaired) electrons. The van der Waals surface area contributed by atoms with Crippen LogP contribution in [0.3, 0.4) is 0 Å². The highest BCUT2D eigenvalue weighted by molar-refractivity contribution is 7.99. The van der Waals surface area contributed by atoms with Crippen molar-refractivity contribution in [1.29, 1.82) is 0 Å². The average Bonchev–Trinajstić information content (AvgIpc) is 3.17. The minimum atomic E-state index is -0.233. The summed E-state index contributed by atoms with van der Waals surface area (Å²) in [5.41, 5.74) is 5.09. The fourth-order valence-corrected chi connectivity index (χ4v) is 3.71. The Morgan fingerprint density at radius 3 is 2.47 bits per heavy atom. The van der Waals surface area contributed by atoms with Gasteiger partial charge in [0.1, 0.15) is 5.75 Å². The largest absolute Gasteiger partial charge is 0.508 e. The van der Waals surface area contributed by atoms with Gasteiger partial charge in [0.05, 0.1) is 11.5 Å². The molecule has 0 atom stereocenters. The van der Waals surface area contributed by atoms with Crippen molar-refractivity contribution in [2.75, 3.05) is 5.75 Å². The van der Waals surface area contributed by atoms with Crippen molar-refractivity contribution < 1.29 is 9.90 Å². The smallest absolute Gasteiger partial charge is 0.250 e. The Balaban J connectivity index is 1.64. The van der Waals surface area contributed by atoms with E-state index in [1.807, 2.05) is 42.7 Å². The maximum atomic E-state index is 12.3. The molecular formula is C21H22ClN5O2S. The van der Waals surface area contributed by atoms with E-state index in [4.69, 9.17) is 11.6 Å². The van der Waals surface area contributed by atoms with Crippen LogP contribution in [-0.2, 0) is 11.3 Å². The van der Waals surface area contributed by atoms with E-state index in [1.54, 1.807) is 24.3 Å². The third-order valence-corrected chi connectivity index (χ3v) is 5.54. The van der Waals surface area contributed by atoms with Crippen molar-refractivity contribution in [2.45, 2.75) is 32.0 Å². The molecule has 0 aliphatic heterocycles. The summed E-state index contributed by atoms with van der Waals surface area (Å²) in [6.07, 6.45) is 0.646. The van der Waals surface area contributed by atoms with E-state index in [0.717, 1.165) is 22.7 Å². The van der Waals surface area contributed by atoms with Gasteiger partial charge in [-0.3, -0.25) is 4.79 Å². The fraction of sp³-hybridized carbons (Fsp3) is 0.238. The molecule has 0 spiro atoms. The quantitative estimate of drug-likeness (QED) is 0.307. The number of nitrogens with zero attached hydrogens (tertiary/aromatic N) is 4. The predicted octanol–water partition coefficient (Wildman–Crippen LogP) is 4.35. The summed E-state index contributed by atoms with van der Waals surface area (Å²) in [6, 6.07) is 14.1. The summed E-state index contributed by atoms with van der Waals surface area (Å²) in [4.78, 5) is 12.3. The lowest BCUT2D eigenvalue weighted by molar-refractivity contribution is -0.118. The summed E-state index contributed by atoms with van der Waals surface area (Å²) in [5.74, 6) is 0.848. The molecule has 0 bridgehead atoms. The fourth-order valence-electron chi connectivity index (χ4n) is 2.79. The van der Waals surface area contributed by atoms with E-state index >= 15 is 0 Å². The van der Waals surface area contributed by atoms with Crippen LogP contribution in [0.5, 0.6) is 5.75 Å². The molecule has 3 aromatic rings. The van der Waals surface area contributed by atoms with E-state index in [-0.39, 0.29) is 17.4 Å². The molecule has 1 heterocycles. The highest BCUT2D eigenvalue weighted by Gasteiger charge is 2.14. The van der Waals surface area contributed by atoms with Crippen molar-refractivity contribution in [2.24, 2.45) is 5.10 Å². The van der Waals surface area contributed by atoms with Crippen LogP contribution in [0.4, 0.5) is 0 Å². The molecule has 0 aliphatic carbocycles. The van der Waals surface area contributed by atoms with Gasteiger partial charge in [0.15, 0.2) is 11.0 Å². The molecule has 1 amide bonds. The van der Waals surface area contributed by atoms with Gasteiger partial charge in [0.25, 0.3) is 5.91 Å². The van der Waals surface area contributed by atoms with Gasteiger partial charge in [0.2, 0.25) is 0 Å². The summed E-state index contributed by atoms with van der Waals surface area (Å²) in [7, 11) is 0. The number of hydrogen-bond acceptors (Lipinski definition) is 6. The van der Waals surface area contributed by atoms with Crippen molar-refractivity contribution in [3.05, 3.63) is 59.1 Å². The Morgan fingerprint density at radius 1 is 1.13 bits per heavy atom. The van der Waals surface area contributed by atoms with Crippen LogP contribution in [0.15, 0.2) is 58.8 Å². The van der Waals surface area contributed by atoms with Crippen molar-refractivity contribution in [1.82, 2.24) is 20.2 Å². The Kier molecular flexibility index (Phi) is 7.48. The summed E-state index contributed by atoms with van der Waals surface area (Å²) in [6.45, 7) is 4.63. The maximum absolute atomic E-state index is 12.3. The van der Waals surface area contributed by atoms with Crippen LogP contribution < -0.4 is 5.43 Å². The Hall–Kier alpha value is -2.84. The number of aromatic nitrogens is 3. The van der Waals surface area contributed by atoms with Crippen molar-refractivity contribution in [3.63, 3.8) is 0 Å². The number of carbonyl (C=O) groups excluding carboxylic acids is 1. The molecule has 7 nitrogen and oxygen atoms in total. The standard InChI is InChI=1S/C21H22ClN5O2S/c1-3-18(14-7-11-17(28)12-8-14)23-24-19(29)13-30-21-26-25-20(27(21)4-2)15-5-9-16(22)10-6-15/h5-12,28H,3-4,13H2,1-2H3,(H,24,29). The van der Waals surface area contributed by atoms with Crippen molar-refractivity contribution in [3.8, 4) is 17.1 Å². The number of rotatable bonds is 8. The van der Waals surface area contributed by atoms with Crippen LogP contribution in [-0.4, -0.2) is 37.2 Å². The Labute approximate surface area is 184 Å². The molecule has 0 saturated carbocycles. The highest BCUT2D eigenvalue weighted by Crippen LogP contribution is 2.25. The van der Waals surface area contributed by atoms with Gasteiger partial charge < -0.3 is 9.67 Å². The van der Waals surface area contributed by atoms with Crippen molar-refractivity contribution >= 4 is 35.0 Å².